The summed E-state index contributed by atoms with van der Waals surface area (Å²) < 4.78 is 6.12. The van der Waals surface area contributed by atoms with Gasteiger partial charge in [0.1, 0.15) is 0 Å². The maximum Gasteiger partial charge on any atom is 0.252 e. The highest BCUT2D eigenvalue weighted by Crippen LogP contribution is 2.22. The maximum atomic E-state index is 12.4. The van der Waals surface area contributed by atoms with Gasteiger partial charge < -0.3 is 15.2 Å². The fourth-order valence-electron chi connectivity index (χ4n) is 2.10. The van der Waals surface area contributed by atoms with Crippen LogP contribution >= 0.6 is 15.9 Å². The number of benzene rings is 1. The number of ether oxygens (including phenoxy) is 1. The van der Waals surface area contributed by atoms with Crippen molar-refractivity contribution >= 4 is 21.8 Å². The Labute approximate surface area is 128 Å². The third-order valence-corrected chi connectivity index (χ3v) is 4.15. The Morgan fingerprint density at radius 2 is 2.05 bits per heavy atom. The van der Waals surface area contributed by atoms with Crippen LogP contribution in [-0.2, 0) is 4.74 Å². The highest BCUT2D eigenvalue weighted by molar-refractivity contribution is 9.10. The first-order valence-electron chi connectivity index (χ1n) is 6.52. The Morgan fingerprint density at radius 1 is 1.40 bits per heavy atom. The highest BCUT2D eigenvalue weighted by atomic mass is 79.9. The lowest BCUT2D eigenvalue weighted by molar-refractivity contribution is 0.0725. The van der Waals surface area contributed by atoms with Crippen LogP contribution in [0.25, 0.3) is 0 Å². The second-order valence-corrected chi connectivity index (χ2v) is 6.19. The van der Waals surface area contributed by atoms with Crippen LogP contribution < -0.4 is 5.32 Å². The number of amides is 1. The lowest BCUT2D eigenvalue weighted by Gasteiger charge is -2.29. The van der Waals surface area contributed by atoms with Crippen molar-refractivity contribution in [3.05, 3.63) is 33.3 Å². The molecule has 0 bridgehead atoms. The van der Waals surface area contributed by atoms with Gasteiger partial charge in [0.2, 0.25) is 0 Å². The van der Waals surface area contributed by atoms with Gasteiger partial charge in [-0.15, -0.1) is 0 Å². The molecule has 5 heteroatoms. The summed E-state index contributed by atoms with van der Waals surface area (Å²) in [5.74, 6) is -0.147. The third-order valence-electron chi connectivity index (χ3n) is 3.29. The molecule has 2 N–H and O–H groups in total. The monoisotopic (exact) mass is 343 g/mol. The number of halogens is 1. The van der Waals surface area contributed by atoms with E-state index in [0.717, 1.165) is 15.6 Å². The number of hydrogen-bond acceptors (Lipinski definition) is 3. The summed E-state index contributed by atoms with van der Waals surface area (Å²) in [6.45, 7) is 6.07. The molecule has 112 valence electrons. The molecule has 0 saturated heterocycles. The third kappa shape index (κ3) is 4.30. The van der Waals surface area contributed by atoms with Crippen molar-refractivity contribution in [2.75, 3.05) is 20.3 Å². The minimum absolute atomic E-state index is 0.00150. The molecule has 0 radical (unpaired) electrons. The lowest BCUT2D eigenvalue weighted by Crippen LogP contribution is -2.50. The quantitative estimate of drug-likeness (QED) is 0.834. The Balaban J connectivity index is 2.97. The van der Waals surface area contributed by atoms with Crippen molar-refractivity contribution < 1.29 is 14.6 Å². The van der Waals surface area contributed by atoms with Crippen LogP contribution in [-0.4, -0.2) is 36.9 Å². The van der Waals surface area contributed by atoms with E-state index in [1.54, 1.807) is 7.11 Å². The summed E-state index contributed by atoms with van der Waals surface area (Å²) in [5.41, 5.74) is 1.99. The summed E-state index contributed by atoms with van der Waals surface area (Å²) in [5, 5.41) is 12.1. The fraction of sp³-hybridized carbons (Fsp3) is 0.533. The molecule has 0 aliphatic heterocycles. The van der Waals surface area contributed by atoms with E-state index >= 15 is 0 Å². The Kier molecular flexibility index (Phi) is 6.17. The first kappa shape index (κ1) is 17.1. The first-order chi connectivity index (χ1) is 9.33. The molecule has 1 aromatic carbocycles. The Bertz CT molecular complexity index is 482. The van der Waals surface area contributed by atoms with Gasteiger partial charge in [-0.1, -0.05) is 15.9 Å². The highest BCUT2D eigenvalue weighted by Gasteiger charge is 2.27. The molecule has 0 fully saturated rings. The molecule has 1 aromatic rings. The largest absolute Gasteiger partial charge is 0.396 e. The molecule has 1 rings (SSSR count). The van der Waals surface area contributed by atoms with Gasteiger partial charge in [0, 0.05) is 23.8 Å². The van der Waals surface area contributed by atoms with Gasteiger partial charge in [-0.3, -0.25) is 4.79 Å². The molecule has 0 saturated carbocycles. The van der Waals surface area contributed by atoms with Gasteiger partial charge in [-0.05, 0) is 50.5 Å². The van der Waals surface area contributed by atoms with E-state index in [0.29, 0.717) is 18.6 Å². The van der Waals surface area contributed by atoms with Crippen molar-refractivity contribution in [2.45, 2.75) is 32.7 Å². The SMILES string of the molecule is COCC(C)(CCO)NC(=O)c1cc(C)c(Br)cc1C. The standard InChI is InChI=1S/C15H22BrNO3/c1-10-8-13(16)11(2)7-12(10)14(19)17-15(3,5-6-18)9-20-4/h7-8,18H,5-6,9H2,1-4H3,(H,17,19). The van der Waals surface area contributed by atoms with E-state index in [1.165, 1.54) is 0 Å². The van der Waals surface area contributed by atoms with Crippen LogP contribution in [0.5, 0.6) is 0 Å². The number of nitrogens with one attached hydrogen (secondary N) is 1. The van der Waals surface area contributed by atoms with Crippen LogP contribution in [0.4, 0.5) is 0 Å². The van der Waals surface area contributed by atoms with Crippen LogP contribution in [0.3, 0.4) is 0 Å². The van der Waals surface area contributed by atoms with Crippen molar-refractivity contribution in [3.8, 4) is 0 Å². The number of carbonyl (C=O) groups is 1. The Morgan fingerprint density at radius 3 is 2.60 bits per heavy atom. The molecular weight excluding hydrogens is 322 g/mol. The van der Waals surface area contributed by atoms with Crippen molar-refractivity contribution in [3.63, 3.8) is 0 Å². The van der Waals surface area contributed by atoms with E-state index in [2.05, 4.69) is 21.2 Å². The summed E-state index contributed by atoms with van der Waals surface area (Å²) >= 11 is 3.46. The number of methoxy groups -OCH3 is 1. The summed E-state index contributed by atoms with van der Waals surface area (Å²) in [7, 11) is 1.58. The summed E-state index contributed by atoms with van der Waals surface area (Å²) in [4.78, 5) is 12.4. The van der Waals surface area contributed by atoms with Crippen molar-refractivity contribution in [1.29, 1.82) is 0 Å². The lowest BCUT2D eigenvalue weighted by atomic mass is 9.97. The van der Waals surface area contributed by atoms with E-state index < -0.39 is 5.54 Å². The fourth-order valence-corrected chi connectivity index (χ4v) is 2.56. The second-order valence-electron chi connectivity index (χ2n) is 5.34. The van der Waals surface area contributed by atoms with Gasteiger partial charge >= 0.3 is 0 Å². The number of aliphatic hydroxyl groups excluding tert-OH is 1. The predicted molar refractivity (Wildman–Crippen MR) is 83.1 cm³/mol. The van der Waals surface area contributed by atoms with Crippen molar-refractivity contribution in [1.82, 2.24) is 5.32 Å². The summed E-state index contributed by atoms with van der Waals surface area (Å²) in [6.07, 6.45) is 0.446. The topological polar surface area (TPSA) is 58.6 Å². The number of rotatable bonds is 6. The van der Waals surface area contributed by atoms with Gasteiger partial charge in [-0.25, -0.2) is 0 Å². The molecule has 20 heavy (non-hydrogen) atoms. The van der Waals surface area contributed by atoms with Gasteiger partial charge in [0.25, 0.3) is 5.91 Å². The molecule has 1 amide bonds. The normalized spacial score (nSPS) is 13.9. The van der Waals surface area contributed by atoms with E-state index in [-0.39, 0.29) is 12.5 Å². The first-order valence-corrected chi connectivity index (χ1v) is 7.31. The number of aryl methyl sites for hydroxylation is 2. The zero-order chi connectivity index (χ0) is 15.3. The summed E-state index contributed by atoms with van der Waals surface area (Å²) in [6, 6.07) is 3.80. The molecule has 0 aliphatic rings. The average molecular weight is 344 g/mol. The Hall–Kier alpha value is -0.910. The molecule has 1 atom stereocenters. The smallest absolute Gasteiger partial charge is 0.252 e. The molecule has 0 aliphatic carbocycles. The second kappa shape index (κ2) is 7.20. The van der Waals surface area contributed by atoms with E-state index in [9.17, 15) is 4.79 Å². The van der Waals surface area contributed by atoms with E-state index in [4.69, 9.17) is 9.84 Å². The van der Waals surface area contributed by atoms with Crippen molar-refractivity contribution in [2.24, 2.45) is 0 Å². The van der Waals surface area contributed by atoms with Gasteiger partial charge in [0.05, 0.1) is 12.1 Å². The molecule has 0 heterocycles. The molecular formula is C15H22BrNO3. The van der Waals surface area contributed by atoms with Crippen LogP contribution in [0.1, 0.15) is 34.8 Å². The van der Waals surface area contributed by atoms with Crippen LogP contribution in [0.15, 0.2) is 16.6 Å². The average Bonchev–Trinajstić information content (AvgIpc) is 2.33. The number of hydrogen-bond donors (Lipinski definition) is 2. The minimum atomic E-state index is -0.575. The molecule has 0 aromatic heterocycles. The zero-order valence-electron chi connectivity index (χ0n) is 12.4. The maximum absolute atomic E-state index is 12.4. The van der Waals surface area contributed by atoms with Gasteiger partial charge in [0.15, 0.2) is 0 Å². The van der Waals surface area contributed by atoms with Crippen LogP contribution in [0.2, 0.25) is 0 Å². The minimum Gasteiger partial charge on any atom is -0.396 e. The molecule has 4 nitrogen and oxygen atoms in total. The number of aliphatic hydroxyl groups is 1. The predicted octanol–water partition coefficient (Wildman–Crippen LogP) is 2.58. The molecule has 1 unspecified atom stereocenters. The van der Waals surface area contributed by atoms with Crippen LogP contribution in [0, 0.1) is 13.8 Å². The van der Waals surface area contributed by atoms with E-state index in [1.807, 2.05) is 32.9 Å². The molecule has 0 spiro atoms. The zero-order valence-corrected chi connectivity index (χ0v) is 14.0. The number of carbonyl (C=O) groups excluding carboxylic acids is 1. The van der Waals surface area contributed by atoms with Gasteiger partial charge in [-0.2, -0.15) is 0 Å².